The maximum atomic E-state index is 6.03. The van der Waals surface area contributed by atoms with Gasteiger partial charge in [-0.05, 0) is 39.5 Å². The zero-order valence-corrected chi connectivity index (χ0v) is 17.9. The third-order valence-electron chi connectivity index (χ3n) is 4.26. The summed E-state index contributed by atoms with van der Waals surface area (Å²) < 4.78 is 18.1. The van der Waals surface area contributed by atoms with Gasteiger partial charge in [-0.25, -0.2) is 0 Å². The first-order chi connectivity index (χ1) is 11.7. The van der Waals surface area contributed by atoms with Crippen LogP contribution < -0.4 is 0 Å². The third kappa shape index (κ3) is 11.7. The van der Waals surface area contributed by atoms with E-state index in [0.29, 0.717) is 25.7 Å². The van der Waals surface area contributed by atoms with Crippen LogP contribution >= 0.6 is 10.9 Å². The first-order valence-corrected chi connectivity index (χ1v) is 12.0. The predicted octanol–water partition coefficient (Wildman–Crippen LogP) is 7.20. The molecule has 0 unspecified atom stereocenters. The van der Waals surface area contributed by atoms with E-state index in [-0.39, 0.29) is 0 Å². The van der Waals surface area contributed by atoms with Crippen molar-refractivity contribution in [3.63, 3.8) is 0 Å². The molecule has 0 aliphatic heterocycles. The van der Waals surface area contributed by atoms with Crippen molar-refractivity contribution >= 4 is 10.9 Å². The zero-order chi connectivity index (χ0) is 18.1. The van der Waals surface area contributed by atoms with Crippen LogP contribution in [0, 0.1) is 5.92 Å². The predicted molar refractivity (Wildman–Crippen MR) is 108 cm³/mol. The fourth-order valence-electron chi connectivity index (χ4n) is 3.10. The molecular formula is C20H44O3S. The van der Waals surface area contributed by atoms with Gasteiger partial charge in [-0.2, -0.15) is 0 Å². The average Bonchev–Trinajstić information content (AvgIpc) is 2.56. The van der Waals surface area contributed by atoms with Gasteiger partial charge >= 0.3 is 0 Å². The van der Waals surface area contributed by atoms with Gasteiger partial charge in [0.05, 0.1) is 30.7 Å². The lowest BCUT2D eigenvalue weighted by Gasteiger charge is -2.39. The average molecular weight is 365 g/mol. The number of unbranched alkanes of at least 4 members (excludes halogenated alkanes) is 6. The van der Waals surface area contributed by atoms with E-state index in [1.165, 1.54) is 64.2 Å². The second-order valence-corrected chi connectivity index (χ2v) is 8.66. The molecule has 0 saturated heterocycles. The second kappa shape index (κ2) is 16.7. The molecule has 0 heterocycles. The standard InChI is InChI=1S/C20H44O3S/c1-6-11-13-15-17-20(18-16-14-12-7-2)19-24(21-8-3,22-9-4)23-10-5/h20H,6-19H2,1-5H3. The largest absolute Gasteiger partial charge is 0.293 e. The molecule has 0 fully saturated rings. The molecular weight excluding hydrogens is 320 g/mol. The van der Waals surface area contributed by atoms with Crippen molar-refractivity contribution in [3.8, 4) is 0 Å². The van der Waals surface area contributed by atoms with Gasteiger partial charge < -0.3 is 0 Å². The molecule has 0 aromatic carbocycles. The fourth-order valence-corrected chi connectivity index (χ4v) is 5.59. The van der Waals surface area contributed by atoms with Gasteiger partial charge in [0.15, 0.2) is 0 Å². The van der Waals surface area contributed by atoms with Gasteiger partial charge in [0.2, 0.25) is 0 Å². The third-order valence-corrected chi connectivity index (χ3v) is 6.93. The summed E-state index contributed by atoms with van der Waals surface area (Å²) in [7, 11) is -1.83. The van der Waals surface area contributed by atoms with Gasteiger partial charge in [0.25, 0.3) is 0 Å². The highest BCUT2D eigenvalue weighted by molar-refractivity contribution is 8.21. The Morgan fingerprint density at radius 3 is 1.33 bits per heavy atom. The van der Waals surface area contributed by atoms with Crippen LogP contribution in [-0.2, 0) is 12.5 Å². The molecule has 0 bridgehead atoms. The summed E-state index contributed by atoms with van der Waals surface area (Å²) in [6.07, 6.45) is 13.2. The minimum Gasteiger partial charge on any atom is -0.293 e. The summed E-state index contributed by atoms with van der Waals surface area (Å²) in [5, 5.41) is 0. The summed E-state index contributed by atoms with van der Waals surface area (Å²) in [5.41, 5.74) is 0. The molecule has 0 aliphatic rings. The Bertz CT molecular complexity index is 232. The van der Waals surface area contributed by atoms with Crippen molar-refractivity contribution in [2.45, 2.75) is 98.8 Å². The van der Waals surface area contributed by atoms with Crippen LogP contribution in [0.1, 0.15) is 98.8 Å². The molecule has 0 saturated carbocycles. The van der Waals surface area contributed by atoms with E-state index < -0.39 is 10.9 Å². The number of rotatable bonds is 18. The van der Waals surface area contributed by atoms with Crippen LogP contribution in [0.2, 0.25) is 0 Å². The van der Waals surface area contributed by atoms with Crippen molar-refractivity contribution in [1.82, 2.24) is 0 Å². The molecule has 4 heteroatoms. The molecule has 0 spiro atoms. The summed E-state index contributed by atoms with van der Waals surface area (Å²) >= 11 is 0. The molecule has 0 amide bonds. The lowest BCUT2D eigenvalue weighted by Crippen LogP contribution is -2.22. The Hall–Kier alpha value is 0.230. The molecule has 24 heavy (non-hydrogen) atoms. The number of hydrogen-bond acceptors (Lipinski definition) is 3. The van der Waals surface area contributed by atoms with Crippen LogP contribution in [0.4, 0.5) is 0 Å². The van der Waals surface area contributed by atoms with E-state index in [1.54, 1.807) is 0 Å². The Morgan fingerprint density at radius 1 is 0.583 bits per heavy atom. The van der Waals surface area contributed by atoms with Crippen LogP contribution in [0.15, 0.2) is 0 Å². The molecule has 0 aliphatic carbocycles. The Morgan fingerprint density at radius 2 is 1.00 bits per heavy atom. The van der Waals surface area contributed by atoms with Crippen LogP contribution in [-0.4, -0.2) is 25.6 Å². The molecule has 3 nitrogen and oxygen atoms in total. The lowest BCUT2D eigenvalue weighted by atomic mass is 9.96. The van der Waals surface area contributed by atoms with Gasteiger partial charge in [0, 0.05) is 5.75 Å². The van der Waals surface area contributed by atoms with E-state index in [1.807, 2.05) is 20.8 Å². The highest BCUT2D eigenvalue weighted by atomic mass is 32.3. The molecule has 0 rings (SSSR count). The van der Waals surface area contributed by atoms with E-state index in [2.05, 4.69) is 13.8 Å². The van der Waals surface area contributed by atoms with Crippen molar-refractivity contribution in [1.29, 1.82) is 0 Å². The van der Waals surface area contributed by atoms with E-state index in [4.69, 9.17) is 12.5 Å². The molecule has 0 N–H and O–H groups in total. The monoisotopic (exact) mass is 364 g/mol. The summed E-state index contributed by atoms with van der Waals surface area (Å²) in [6, 6.07) is 0. The quantitative estimate of drug-likeness (QED) is 0.241. The number of hydrogen-bond donors (Lipinski definition) is 0. The van der Waals surface area contributed by atoms with Gasteiger partial charge in [-0.15, -0.1) is 0 Å². The van der Waals surface area contributed by atoms with Crippen molar-refractivity contribution in [3.05, 3.63) is 0 Å². The van der Waals surface area contributed by atoms with Crippen molar-refractivity contribution < 1.29 is 12.5 Å². The SMILES string of the molecule is CCCCCCC(CCCCCC)CS(OCC)(OCC)OCC. The maximum absolute atomic E-state index is 6.03. The summed E-state index contributed by atoms with van der Waals surface area (Å²) in [5.74, 6) is 1.61. The van der Waals surface area contributed by atoms with Crippen LogP contribution in [0.25, 0.3) is 0 Å². The fraction of sp³-hybridized carbons (Fsp3) is 1.00. The highest BCUT2D eigenvalue weighted by Crippen LogP contribution is 2.53. The highest BCUT2D eigenvalue weighted by Gasteiger charge is 2.30. The smallest absolute Gasteiger partial charge is 0.0890 e. The van der Waals surface area contributed by atoms with Gasteiger partial charge in [-0.3, -0.25) is 12.5 Å². The first-order valence-electron chi connectivity index (χ1n) is 10.4. The zero-order valence-electron chi connectivity index (χ0n) is 17.1. The molecule has 0 atom stereocenters. The van der Waals surface area contributed by atoms with Gasteiger partial charge in [0.1, 0.15) is 0 Å². The minimum atomic E-state index is -1.83. The Balaban J connectivity index is 4.70. The van der Waals surface area contributed by atoms with Crippen LogP contribution in [0.3, 0.4) is 0 Å². The van der Waals surface area contributed by atoms with Crippen molar-refractivity contribution in [2.75, 3.05) is 25.6 Å². The topological polar surface area (TPSA) is 27.7 Å². The van der Waals surface area contributed by atoms with Crippen LogP contribution in [0.5, 0.6) is 0 Å². The van der Waals surface area contributed by atoms with Crippen molar-refractivity contribution in [2.24, 2.45) is 5.92 Å². The van der Waals surface area contributed by atoms with E-state index >= 15 is 0 Å². The molecule has 148 valence electrons. The van der Waals surface area contributed by atoms with Gasteiger partial charge in [-0.1, -0.05) is 65.2 Å². The summed E-state index contributed by atoms with van der Waals surface area (Å²) in [6.45, 7) is 12.6. The molecule has 0 aromatic heterocycles. The normalized spacial score (nSPS) is 12.9. The van der Waals surface area contributed by atoms with E-state index in [9.17, 15) is 0 Å². The summed E-state index contributed by atoms with van der Waals surface area (Å²) in [4.78, 5) is 0. The Labute approximate surface area is 154 Å². The lowest BCUT2D eigenvalue weighted by molar-refractivity contribution is 0.180. The second-order valence-electron chi connectivity index (χ2n) is 6.51. The molecule has 0 aromatic rings. The first kappa shape index (κ1) is 24.2. The molecule has 0 radical (unpaired) electrons. The minimum absolute atomic E-state index is 0.660. The Kier molecular flexibility index (Phi) is 16.8. The van der Waals surface area contributed by atoms with E-state index in [0.717, 1.165) is 5.75 Å². The maximum Gasteiger partial charge on any atom is 0.0890 e.